The van der Waals surface area contributed by atoms with Crippen LogP contribution in [-0.4, -0.2) is 54.0 Å². The van der Waals surface area contributed by atoms with Crippen LogP contribution in [0.4, 0.5) is 0 Å². The van der Waals surface area contributed by atoms with Crippen molar-refractivity contribution in [3.8, 4) is 0 Å². The van der Waals surface area contributed by atoms with E-state index in [4.69, 9.17) is 5.73 Å². The van der Waals surface area contributed by atoms with Gasteiger partial charge in [0.1, 0.15) is 0 Å². The Morgan fingerprint density at radius 3 is 2.73 bits per heavy atom. The maximum absolute atomic E-state index is 11.8. The van der Waals surface area contributed by atoms with Crippen LogP contribution in [0.15, 0.2) is 0 Å². The van der Waals surface area contributed by atoms with Gasteiger partial charge in [0.2, 0.25) is 5.91 Å². The van der Waals surface area contributed by atoms with E-state index in [1.807, 2.05) is 4.90 Å². The van der Waals surface area contributed by atoms with Crippen molar-refractivity contribution in [2.24, 2.45) is 5.73 Å². The van der Waals surface area contributed by atoms with Gasteiger partial charge >= 0.3 is 0 Å². The van der Waals surface area contributed by atoms with E-state index in [0.717, 1.165) is 19.5 Å². The fourth-order valence-corrected chi connectivity index (χ4v) is 2.01. The van der Waals surface area contributed by atoms with E-state index in [9.17, 15) is 4.79 Å². The molecule has 15 heavy (non-hydrogen) atoms. The summed E-state index contributed by atoms with van der Waals surface area (Å²) in [6.45, 7) is 9.36. The molecule has 0 aromatic heterocycles. The molecule has 4 nitrogen and oxygen atoms in total. The van der Waals surface area contributed by atoms with Crippen molar-refractivity contribution in [3.05, 3.63) is 0 Å². The van der Waals surface area contributed by atoms with Gasteiger partial charge in [-0.05, 0) is 33.7 Å². The van der Waals surface area contributed by atoms with Crippen molar-refractivity contribution >= 4 is 5.91 Å². The van der Waals surface area contributed by atoms with E-state index in [1.54, 1.807) is 0 Å². The van der Waals surface area contributed by atoms with Crippen molar-refractivity contribution in [2.45, 2.75) is 39.3 Å². The summed E-state index contributed by atoms with van der Waals surface area (Å²) in [5, 5.41) is 0. The second-order valence-electron chi connectivity index (χ2n) is 4.60. The lowest BCUT2D eigenvalue weighted by molar-refractivity contribution is -0.140. The second-order valence-corrected chi connectivity index (χ2v) is 4.60. The molecule has 0 bridgehead atoms. The molecule has 1 saturated heterocycles. The highest BCUT2D eigenvalue weighted by Crippen LogP contribution is 2.13. The van der Waals surface area contributed by atoms with Crippen LogP contribution in [0.3, 0.4) is 0 Å². The van der Waals surface area contributed by atoms with Crippen molar-refractivity contribution in [3.63, 3.8) is 0 Å². The molecule has 0 aromatic carbocycles. The van der Waals surface area contributed by atoms with Gasteiger partial charge in [0, 0.05) is 25.2 Å². The molecule has 0 saturated carbocycles. The number of carbonyl (C=O) groups is 1. The summed E-state index contributed by atoms with van der Waals surface area (Å²) in [6, 6.07) is 0.772. The molecule has 4 heteroatoms. The molecule has 1 unspecified atom stereocenters. The lowest BCUT2D eigenvalue weighted by Crippen LogP contribution is -2.57. The summed E-state index contributed by atoms with van der Waals surface area (Å²) in [5.41, 5.74) is 5.48. The molecule has 1 atom stereocenters. The number of nitrogens with zero attached hydrogens (tertiary/aromatic N) is 2. The second kappa shape index (κ2) is 5.47. The average molecular weight is 213 g/mol. The Morgan fingerprint density at radius 1 is 1.53 bits per heavy atom. The Hall–Kier alpha value is -0.610. The molecule has 1 aliphatic rings. The molecule has 0 aromatic rings. The van der Waals surface area contributed by atoms with Crippen LogP contribution in [0.5, 0.6) is 0 Å². The summed E-state index contributed by atoms with van der Waals surface area (Å²) >= 11 is 0. The Balaban J connectivity index is 2.51. The predicted octanol–water partition coefficient (Wildman–Crippen LogP) is 0.276. The van der Waals surface area contributed by atoms with Gasteiger partial charge in [-0.25, -0.2) is 0 Å². The van der Waals surface area contributed by atoms with E-state index in [2.05, 4.69) is 25.7 Å². The maximum Gasteiger partial charge on any atom is 0.237 e. The van der Waals surface area contributed by atoms with Gasteiger partial charge in [-0.1, -0.05) is 0 Å². The van der Waals surface area contributed by atoms with Crippen molar-refractivity contribution in [1.29, 1.82) is 0 Å². The first-order valence-electron chi connectivity index (χ1n) is 5.79. The van der Waals surface area contributed by atoms with Gasteiger partial charge < -0.3 is 10.6 Å². The molecule has 1 fully saturated rings. The SMILES string of the molecule is CC1CN(C(C)C)C(=O)CN1CCCN. The summed E-state index contributed by atoms with van der Waals surface area (Å²) in [7, 11) is 0. The molecule has 1 aliphatic heterocycles. The molecule has 2 N–H and O–H groups in total. The summed E-state index contributed by atoms with van der Waals surface area (Å²) < 4.78 is 0. The van der Waals surface area contributed by atoms with Crippen molar-refractivity contribution in [2.75, 3.05) is 26.2 Å². The molecule has 1 heterocycles. The minimum absolute atomic E-state index is 0.250. The number of rotatable bonds is 4. The standard InChI is InChI=1S/C11H23N3O/c1-9(2)14-7-10(3)13(6-4-5-12)8-11(14)15/h9-10H,4-8,12H2,1-3H3. The van der Waals surface area contributed by atoms with Crippen LogP contribution in [0, 0.1) is 0 Å². The van der Waals surface area contributed by atoms with E-state index in [0.29, 0.717) is 25.2 Å². The number of piperazine rings is 1. The van der Waals surface area contributed by atoms with Crippen LogP contribution in [0.2, 0.25) is 0 Å². The molecule has 1 amide bonds. The van der Waals surface area contributed by atoms with Crippen LogP contribution in [0.25, 0.3) is 0 Å². The van der Waals surface area contributed by atoms with E-state index < -0.39 is 0 Å². The zero-order valence-corrected chi connectivity index (χ0v) is 10.1. The summed E-state index contributed by atoms with van der Waals surface area (Å²) in [5.74, 6) is 0.250. The fourth-order valence-electron chi connectivity index (χ4n) is 2.01. The third-order valence-corrected chi connectivity index (χ3v) is 3.02. The van der Waals surface area contributed by atoms with Gasteiger partial charge in [0.05, 0.1) is 6.54 Å². The van der Waals surface area contributed by atoms with Gasteiger partial charge in [-0.2, -0.15) is 0 Å². The van der Waals surface area contributed by atoms with E-state index in [1.165, 1.54) is 0 Å². The zero-order valence-electron chi connectivity index (χ0n) is 10.1. The largest absolute Gasteiger partial charge is 0.338 e. The van der Waals surface area contributed by atoms with Crippen LogP contribution in [0.1, 0.15) is 27.2 Å². The third-order valence-electron chi connectivity index (χ3n) is 3.02. The molecule has 0 radical (unpaired) electrons. The van der Waals surface area contributed by atoms with Gasteiger partial charge in [0.15, 0.2) is 0 Å². The van der Waals surface area contributed by atoms with E-state index >= 15 is 0 Å². The highest BCUT2D eigenvalue weighted by molar-refractivity contribution is 5.79. The smallest absolute Gasteiger partial charge is 0.237 e. The predicted molar refractivity (Wildman–Crippen MR) is 61.6 cm³/mol. The maximum atomic E-state index is 11.8. The normalized spacial score (nSPS) is 23.9. The quantitative estimate of drug-likeness (QED) is 0.729. The molecule has 0 aliphatic carbocycles. The number of amides is 1. The summed E-state index contributed by atoms with van der Waals surface area (Å²) in [6.07, 6.45) is 0.972. The number of nitrogens with two attached hydrogens (primary N) is 1. The third kappa shape index (κ3) is 3.18. The number of hydrogen-bond donors (Lipinski definition) is 1. The Morgan fingerprint density at radius 2 is 2.20 bits per heavy atom. The Kier molecular flexibility index (Phi) is 4.54. The van der Waals surface area contributed by atoms with Crippen LogP contribution < -0.4 is 5.73 Å². The lowest BCUT2D eigenvalue weighted by Gasteiger charge is -2.41. The van der Waals surface area contributed by atoms with Crippen molar-refractivity contribution in [1.82, 2.24) is 9.80 Å². The molecular weight excluding hydrogens is 190 g/mol. The molecule has 88 valence electrons. The minimum Gasteiger partial charge on any atom is -0.338 e. The highest BCUT2D eigenvalue weighted by Gasteiger charge is 2.29. The van der Waals surface area contributed by atoms with Gasteiger partial charge in [0.25, 0.3) is 0 Å². The Labute approximate surface area is 92.4 Å². The summed E-state index contributed by atoms with van der Waals surface area (Å²) in [4.78, 5) is 16.0. The lowest BCUT2D eigenvalue weighted by atomic mass is 10.1. The van der Waals surface area contributed by atoms with Gasteiger partial charge in [-0.15, -0.1) is 0 Å². The van der Waals surface area contributed by atoms with E-state index in [-0.39, 0.29) is 5.91 Å². The fraction of sp³-hybridized carbons (Fsp3) is 0.909. The van der Waals surface area contributed by atoms with Crippen molar-refractivity contribution < 1.29 is 4.79 Å². The topological polar surface area (TPSA) is 49.6 Å². The molecular formula is C11H23N3O. The van der Waals surface area contributed by atoms with Gasteiger partial charge in [-0.3, -0.25) is 9.69 Å². The highest BCUT2D eigenvalue weighted by atomic mass is 16.2. The first kappa shape index (κ1) is 12.5. The molecule has 1 rings (SSSR count). The average Bonchev–Trinajstić information content (AvgIpc) is 2.18. The number of carbonyl (C=O) groups excluding carboxylic acids is 1. The minimum atomic E-state index is 0.250. The zero-order chi connectivity index (χ0) is 11.4. The van der Waals surface area contributed by atoms with Crippen LogP contribution in [-0.2, 0) is 4.79 Å². The Bertz CT molecular complexity index is 218. The van der Waals surface area contributed by atoms with Crippen LogP contribution >= 0.6 is 0 Å². The number of hydrogen-bond acceptors (Lipinski definition) is 3. The first-order chi connectivity index (χ1) is 7.06. The molecule has 0 spiro atoms. The first-order valence-corrected chi connectivity index (χ1v) is 5.79. The monoisotopic (exact) mass is 213 g/mol.